The zero-order valence-corrected chi connectivity index (χ0v) is 13.3. The van der Waals surface area contributed by atoms with Gasteiger partial charge < -0.3 is 4.74 Å². The van der Waals surface area contributed by atoms with Crippen LogP contribution < -0.4 is 0 Å². The monoisotopic (exact) mass is 295 g/mol. The summed E-state index contributed by atoms with van der Waals surface area (Å²) < 4.78 is 5.31. The topological polar surface area (TPSA) is 79.3 Å². The average Bonchev–Trinajstić information content (AvgIpc) is 2.71. The molecule has 1 spiro atoms. The van der Waals surface area contributed by atoms with Crippen LogP contribution in [0, 0.1) is 5.41 Å². The van der Waals surface area contributed by atoms with Gasteiger partial charge in [-0.15, -0.1) is 0 Å². The average molecular weight is 295 g/mol. The summed E-state index contributed by atoms with van der Waals surface area (Å²) in [6, 6.07) is -0.708. The summed E-state index contributed by atoms with van der Waals surface area (Å²) >= 11 is 0. The molecule has 2 heterocycles. The largest absolute Gasteiger partial charge is 0.444 e. The van der Waals surface area contributed by atoms with E-state index >= 15 is 0 Å². The third-order valence-corrected chi connectivity index (χ3v) is 3.88. The van der Waals surface area contributed by atoms with Crippen molar-refractivity contribution in [1.29, 1.82) is 0 Å². The zero-order chi connectivity index (χ0) is 16.2. The van der Waals surface area contributed by atoms with Gasteiger partial charge in [0.1, 0.15) is 5.60 Å². The Balaban J connectivity index is 2.32. The number of Topliss-reactive ketones (excluding diaryl/α,β-unsaturated/α-hetero) is 1. The van der Waals surface area contributed by atoms with Crippen molar-refractivity contribution >= 4 is 23.5 Å². The van der Waals surface area contributed by atoms with Crippen LogP contribution in [0.15, 0.2) is 5.10 Å². The maximum atomic E-state index is 12.6. The second-order valence-corrected chi connectivity index (χ2v) is 6.57. The molecule has 0 N–H and O–H groups in total. The van der Waals surface area contributed by atoms with E-state index in [-0.39, 0.29) is 18.2 Å². The van der Waals surface area contributed by atoms with Gasteiger partial charge in [-0.05, 0) is 34.6 Å². The molecule has 116 valence electrons. The van der Waals surface area contributed by atoms with Gasteiger partial charge in [-0.1, -0.05) is 0 Å². The molecule has 2 aliphatic rings. The van der Waals surface area contributed by atoms with Gasteiger partial charge in [-0.2, -0.15) is 5.10 Å². The Kier molecular flexibility index (Phi) is 3.35. The van der Waals surface area contributed by atoms with Gasteiger partial charge in [-0.25, -0.2) is 9.80 Å². The molecule has 0 bridgehead atoms. The summed E-state index contributed by atoms with van der Waals surface area (Å²) in [6.07, 6.45) is -0.588. The van der Waals surface area contributed by atoms with Crippen molar-refractivity contribution in [2.45, 2.75) is 46.3 Å². The second-order valence-electron chi connectivity index (χ2n) is 6.57. The van der Waals surface area contributed by atoms with Crippen LogP contribution in [0.1, 0.15) is 34.6 Å². The van der Waals surface area contributed by atoms with Crippen molar-refractivity contribution in [3.8, 4) is 0 Å². The molecule has 0 radical (unpaired) electrons. The summed E-state index contributed by atoms with van der Waals surface area (Å²) in [4.78, 5) is 38.5. The Morgan fingerprint density at radius 2 is 1.95 bits per heavy atom. The molecule has 21 heavy (non-hydrogen) atoms. The summed E-state index contributed by atoms with van der Waals surface area (Å²) in [5.74, 6) is -0.688. The lowest BCUT2D eigenvalue weighted by Gasteiger charge is -2.26. The molecule has 2 rings (SSSR count). The van der Waals surface area contributed by atoms with Crippen LogP contribution in [0.4, 0.5) is 4.79 Å². The Labute approximate surface area is 123 Å². The summed E-state index contributed by atoms with van der Waals surface area (Å²) in [5.41, 5.74) is -1.57. The first-order valence-corrected chi connectivity index (χ1v) is 6.88. The molecule has 0 aromatic rings. The highest BCUT2D eigenvalue weighted by Crippen LogP contribution is 2.39. The molecule has 1 saturated heterocycles. The van der Waals surface area contributed by atoms with E-state index in [1.54, 1.807) is 34.6 Å². The van der Waals surface area contributed by atoms with Crippen LogP contribution >= 0.6 is 0 Å². The van der Waals surface area contributed by atoms with E-state index in [9.17, 15) is 14.4 Å². The number of likely N-dealkylation sites (tertiary alicyclic amines) is 1. The first-order chi connectivity index (χ1) is 9.50. The number of amides is 2. The quantitative estimate of drug-likeness (QED) is 0.625. The van der Waals surface area contributed by atoms with Crippen molar-refractivity contribution in [2.24, 2.45) is 10.5 Å². The van der Waals surface area contributed by atoms with E-state index in [2.05, 4.69) is 5.10 Å². The number of ether oxygens (including phenoxy) is 1. The molecule has 2 atom stereocenters. The van der Waals surface area contributed by atoms with Crippen molar-refractivity contribution in [3.63, 3.8) is 0 Å². The number of rotatable bonds is 0. The van der Waals surface area contributed by atoms with Crippen LogP contribution in [0.2, 0.25) is 0 Å². The minimum Gasteiger partial charge on any atom is -0.444 e. The molecular formula is C14H21N3O4. The second kappa shape index (κ2) is 4.54. The van der Waals surface area contributed by atoms with Crippen LogP contribution in [0.3, 0.4) is 0 Å². The highest BCUT2D eigenvalue weighted by Gasteiger charge is 2.62. The lowest BCUT2D eigenvalue weighted by atomic mass is 9.80. The molecule has 0 aromatic heterocycles. The Morgan fingerprint density at radius 1 is 1.38 bits per heavy atom. The minimum atomic E-state index is -1.34. The summed E-state index contributed by atoms with van der Waals surface area (Å²) in [6.45, 7) is 8.50. The van der Waals surface area contributed by atoms with Gasteiger partial charge in [0, 0.05) is 7.05 Å². The van der Waals surface area contributed by atoms with E-state index in [0.717, 1.165) is 0 Å². The van der Waals surface area contributed by atoms with Gasteiger partial charge in [0.25, 0.3) is 5.91 Å². The fourth-order valence-electron chi connectivity index (χ4n) is 2.76. The predicted octanol–water partition coefficient (Wildman–Crippen LogP) is 1.03. The number of hydrogen-bond donors (Lipinski definition) is 0. The predicted molar refractivity (Wildman–Crippen MR) is 75.7 cm³/mol. The molecular weight excluding hydrogens is 274 g/mol. The number of ketones is 1. The Morgan fingerprint density at radius 3 is 2.38 bits per heavy atom. The number of hydrogen-bond acceptors (Lipinski definition) is 5. The highest BCUT2D eigenvalue weighted by molar-refractivity contribution is 6.29. The van der Waals surface area contributed by atoms with Crippen molar-refractivity contribution in [3.05, 3.63) is 0 Å². The molecule has 2 unspecified atom stereocenters. The van der Waals surface area contributed by atoms with Gasteiger partial charge in [0.15, 0.2) is 11.2 Å². The third kappa shape index (κ3) is 2.20. The van der Waals surface area contributed by atoms with Crippen LogP contribution in [0.25, 0.3) is 0 Å². The van der Waals surface area contributed by atoms with E-state index < -0.39 is 23.2 Å². The maximum absolute atomic E-state index is 12.6. The smallest absolute Gasteiger partial charge is 0.410 e. The van der Waals surface area contributed by atoms with Gasteiger partial charge in [0.2, 0.25) is 0 Å². The van der Waals surface area contributed by atoms with E-state index in [1.807, 2.05) is 0 Å². The standard InChI is InChI=1S/C14H21N3O4/c1-8-10(18)14(9(2)15-16(6)11(14)19)7-17(8)12(20)21-13(3,4)5/h8H,7H2,1-6H3. The minimum absolute atomic E-state index is 0.0135. The first-order valence-electron chi connectivity index (χ1n) is 6.88. The van der Waals surface area contributed by atoms with Crippen LogP contribution in [-0.2, 0) is 14.3 Å². The fourth-order valence-corrected chi connectivity index (χ4v) is 2.76. The Hall–Kier alpha value is -1.92. The van der Waals surface area contributed by atoms with Crippen molar-refractivity contribution < 1.29 is 19.1 Å². The fraction of sp³-hybridized carbons (Fsp3) is 0.714. The summed E-state index contributed by atoms with van der Waals surface area (Å²) in [7, 11) is 1.51. The highest BCUT2D eigenvalue weighted by atomic mass is 16.6. The molecule has 0 aromatic carbocycles. The molecule has 0 saturated carbocycles. The SMILES string of the molecule is CC1=NN(C)C(=O)C12CN(C(=O)OC(C)(C)C)C(C)C2=O. The van der Waals surface area contributed by atoms with E-state index in [1.165, 1.54) is 17.0 Å². The number of carbonyl (C=O) groups excluding carboxylic acids is 3. The lowest BCUT2D eigenvalue weighted by molar-refractivity contribution is -0.140. The number of hydrazone groups is 1. The van der Waals surface area contributed by atoms with Crippen LogP contribution in [0.5, 0.6) is 0 Å². The van der Waals surface area contributed by atoms with Crippen molar-refractivity contribution in [1.82, 2.24) is 9.91 Å². The van der Waals surface area contributed by atoms with Gasteiger partial charge >= 0.3 is 6.09 Å². The molecule has 0 aliphatic carbocycles. The van der Waals surface area contributed by atoms with Crippen LogP contribution in [-0.4, -0.2) is 58.6 Å². The van der Waals surface area contributed by atoms with E-state index in [0.29, 0.717) is 5.71 Å². The first kappa shape index (κ1) is 15.5. The van der Waals surface area contributed by atoms with Gasteiger partial charge in [-0.3, -0.25) is 14.5 Å². The molecule has 2 amide bonds. The van der Waals surface area contributed by atoms with Crippen molar-refractivity contribution in [2.75, 3.05) is 13.6 Å². The number of carbonyl (C=O) groups is 3. The normalized spacial score (nSPS) is 29.4. The number of nitrogens with zero attached hydrogens (tertiary/aromatic N) is 3. The molecule has 1 fully saturated rings. The molecule has 2 aliphatic heterocycles. The molecule has 7 nitrogen and oxygen atoms in total. The van der Waals surface area contributed by atoms with E-state index in [4.69, 9.17) is 4.74 Å². The maximum Gasteiger partial charge on any atom is 0.410 e. The molecule has 7 heteroatoms. The van der Waals surface area contributed by atoms with Gasteiger partial charge in [0.05, 0.1) is 18.3 Å². The zero-order valence-electron chi connectivity index (χ0n) is 13.3. The lowest BCUT2D eigenvalue weighted by Crippen LogP contribution is -2.45. The summed E-state index contributed by atoms with van der Waals surface area (Å²) in [5, 5.41) is 5.22. The Bertz CT molecular complexity index is 549. The third-order valence-electron chi connectivity index (χ3n) is 3.88.